The summed E-state index contributed by atoms with van der Waals surface area (Å²) >= 11 is 0. The molecule has 1 aromatic carbocycles. The van der Waals surface area contributed by atoms with Gasteiger partial charge in [-0.15, -0.1) is 0 Å². The van der Waals surface area contributed by atoms with Gasteiger partial charge >= 0.3 is 5.97 Å². The number of carboxylic acids is 1. The molecular formula is C14H16N2O4. The molecule has 3 N–H and O–H groups in total. The second-order valence-electron chi connectivity index (χ2n) is 4.62. The van der Waals surface area contributed by atoms with E-state index in [1.54, 1.807) is 24.4 Å². The number of pyridine rings is 1. The summed E-state index contributed by atoms with van der Waals surface area (Å²) in [4.78, 5) is 14.5. The molecule has 0 bridgehead atoms. The third-order valence-corrected chi connectivity index (χ3v) is 2.61. The Kier molecular flexibility index (Phi) is 3.93. The van der Waals surface area contributed by atoms with Gasteiger partial charge in [-0.3, -0.25) is 4.79 Å². The molecule has 106 valence electrons. The highest BCUT2D eigenvalue weighted by molar-refractivity contribution is 5.92. The molecule has 6 heteroatoms. The lowest BCUT2D eigenvalue weighted by molar-refractivity contribution is -0.134. The fourth-order valence-corrected chi connectivity index (χ4v) is 1.82. The normalized spacial score (nSPS) is 10.8. The summed E-state index contributed by atoms with van der Waals surface area (Å²) in [6.45, 7) is 3.55. The first-order chi connectivity index (χ1) is 9.47. The molecule has 1 heterocycles. The molecule has 0 aliphatic rings. The molecule has 20 heavy (non-hydrogen) atoms. The van der Waals surface area contributed by atoms with Crippen molar-refractivity contribution in [1.82, 2.24) is 4.98 Å². The third-order valence-electron chi connectivity index (χ3n) is 2.61. The van der Waals surface area contributed by atoms with Crippen LogP contribution in [0.15, 0.2) is 24.4 Å². The number of ether oxygens (including phenoxy) is 1. The van der Waals surface area contributed by atoms with E-state index in [2.05, 4.69) is 10.3 Å². The fourth-order valence-electron chi connectivity index (χ4n) is 1.82. The van der Waals surface area contributed by atoms with Crippen molar-refractivity contribution in [2.45, 2.75) is 20.0 Å². The number of aliphatic carboxylic acids is 1. The summed E-state index contributed by atoms with van der Waals surface area (Å²) in [5, 5.41) is 22.6. The number of carbonyl (C=O) groups is 1. The van der Waals surface area contributed by atoms with Crippen molar-refractivity contribution in [3.05, 3.63) is 24.4 Å². The van der Waals surface area contributed by atoms with E-state index >= 15 is 0 Å². The van der Waals surface area contributed by atoms with E-state index in [-0.39, 0.29) is 24.2 Å². The lowest BCUT2D eigenvalue weighted by atomic mass is 10.1. The molecule has 2 rings (SSSR count). The first kappa shape index (κ1) is 13.9. The van der Waals surface area contributed by atoms with Crippen molar-refractivity contribution in [3.8, 4) is 11.5 Å². The number of aromatic hydroxyl groups is 1. The molecule has 6 nitrogen and oxygen atoms in total. The van der Waals surface area contributed by atoms with Crippen LogP contribution in [0, 0.1) is 0 Å². The Morgan fingerprint density at radius 3 is 2.85 bits per heavy atom. The molecular weight excluding hydrogens is 260 g/mol. The van der Waals surface area contributed by atoms with Crippen LogP contribution in [0.1, 0.15) is 13.8 Å². The maximum absolute atomic E-state index is 10.5. The summed E-state index contributed by atoms with van der Waals surface area (Å²) in [5.41, 5.74) is 0. The smallest absolute Gasteiger partial charge is 0.322 e. The van der Waals surface area contributed by atoms with Crippen molar-refractivity contribution in [3.63, 3.8) is 0 Å². The average molecular weight is 276 g/mol. The first-order valence-corrected chi connectivity index (χ1v) is 6.21. The minimum absolute atomic E-state index is 0.0607. The lowest BCUT2D eigenvalue weighted by Crippen LogP contribution is -2.13. The van der Waals surface area contributed by atoms with E-state index in [1.807, 2.05) is 13.8 Å². The highest BCUT2D eigenvalue weighted by atomic mass is 16.5. The van der Waals surface area contributed by atoms with E-state index < -0.39 is 5.97 Å². The summed E-state index contributed by atoms with van der Waals surface area (Å²) in [7, 11) is 0. The number of aromatic nitrogens is 1. The van der Waals surface area contributed by atoms with Gasteiger partial charge in [-0.1, -0.05) is 0 Å². The Labute approximate surface area is 116 Å². The van der Waals surface area contributed by atoms with Crippen molar-refractivity contribution >= 4 is 22.6 Å². The van der Waals surface area contributed by atoms with Crippen LogP contribution in [0.2, 0.25) is 0 Å². The number of anilines is 1. The molecule has 0 fully saturated rings. The van der Waals surface area contributed by atoms with Gasteiger partial charge in [-0.2, -0.15) is 0 Å². The molecule has 0 spiro atoms. The van der Waals surface area contributed by atoms with Crippen molar-refractivity contribution in [2.24, 2.45) is 0 Å². The molecule has 0 atom stereocenters. The lowest BCUT2D eigenvalue weighted by Gasteiger charge is -2.12. The minimum atomic E-state index is -1.02. The Bertz CT molecular complexity index is 640. The minimum Gasteiger partial charge on any atom is -0.504 e. The standard InChI is InChI=1S/C14H16N2O4/c1-8(2)20-10-3-4-11-9(5-10)6-15-14(13(11)19)16-7-12(17)18/h3-6,8,19H,7H2,1-2H3,(H,15,16)(H,17,18). The Hall–Kier alpha value is -2.50. The number of fused-ring (bicyclic) bond motifs is 1. The van der Waals surface area contributed by atoms with Crippen LogP contribution >= 0.6 is 0 Å². The van der Waals surface area contributed by atoms with Gasteiger partial charge in [0.05, 0.1) is 6.10 Å². The topological polar surface area (TPSA) is 91.7 Å². The van der Waals surface area contributed by atoms with E-state index in [4.69, 9.17) is 9.84 Å². The van der Waals surface area contributed by atoms with E-state index in [1.165, 1.54) is 0 Å². The molecule has 0 aliphatic carbocycles. The van der Waals surface area contributed by atoms with Gasteiger partial charge in [0, 0.05) is 17.0 Å². The van der Waals surface area contributed by atoms with Gasteiger partial charge < -0.3 is 20.3 Å². The maximum Gasteiger partial charge on any atom is 0.322 e. The van der Waals surface area contributed by atoms with Gasteiger partial charge in [0.1, 0.15) is 12.3 Å². The number of hydrogen-bond donors (Lipinski definition) is 3. The van der Waals surface area contributed by atoms with Crippen LogP contribution in [0.3, 0.4) is 0 Å². The Morgan fingerprint density at radius 1 is 1.45 bits per heavy atom. The van der Waals surface area contributed by atoms with E-state index in [0.717, 1.165) is 5.39 Å². The van der Waals surface area contributed by atoms with Crippen LogP contribution in [-0.2, 0) is 4.79 Å². The number of rotatable bonds is 5. The van der Waals surface area contributed by atoms with Crippen LogP contribution in [0.25, 0.3) is 10.8 Å². The number of hydrogen-bond acceptors (Lipinski definition) is 5. The van der Waals surface area contributed by atoms with Gasteiger partial charge in [-0.05, 0) is 32.0 Å². The molecule has 2 aromatic rings. The number of nitrogens with one attached hydrogen (secondary N) is 1. The highest BCUT2D eigenvalue weighted by Gasteiger charge is 2.10. The highest BCUT2D eigenvalue weighted by Crippen LogP contribution is 2.32. The van der Waals surface area contributed by atoms with Gasteiger partial charge in [0.15, 0.2) is 11.6 Å². The summed E-state index contributed by atoms with van der Waals surface area (Å²) in [5.74, 6) is -0.246. The molecule has 0 radical (unpaired) electrons. The first-order valence-electron chi connectivity index (χ1n) is 6.21. The predicted molar refractivity (Wildman–Crippen MR) is 75.3 cm³/mol. The third kappa shape index (κ3) is 3.09. The second kappa shape index (κ2) is 5.64. The zero-order chi connectivity index (χ0) is 14.7. The van der Waals surface area contributed by atoms with Gasteiger partial charge in [0.25, 0.3) is 0 Å². The van der Waals surface area contributed by atoms with Gasteiger partial charge in [-0.25, -0.2) is 4.98 Å². The second-order valence-corrected chi connectivity index (χ2v) is 4.62. The Balaban J connectivity index is 2.34. The number of carboxylic acid groups (broad SMARTS) is 1. The van der Waals surface area contributed by atoms with Crippen molar-refractivity contribution in [2.75, 3.05) is 11.9 Å². The number of benzene rings is 1. The zero-order valence-electron chi connectivity index (χ0n) is 11.3. The average Bonchev–Trinajstić information content (AvgIpc) is 2.37. The SMILES string of the molecule is CC(C)Oc1ccc2c(O)c(NCC(=O)O)ncc2c1. The van der Waals surface area contributed by atoms with E-state index in [9.17, 15) is 9.90 Å². The quantitative estimate of drug-likeness (QED) is 0.775. The zero-order valence-corrected chi connectivity index (χ0v) is 11.3. The van der Waals surface area contributed by atoms with E-state index in [0.29, 0.717) is 11.1 Å². The van der Waals surface area contributed by atoms with Gasteiger partial charge in [0.2, 0.25) is 0 Å². The molecule has 0 saturated carbocycles. The van der Waals surface area contributed by atoms with Crippen LogP contribution in [0.4, 0.5) is 5.82 Å². The van der Waals surface area contributed by atoms with Crippen LogP contribution < -0.4 is 10.1 Å². The van der Waals surface area contributed by atoms with Crippen molar-refractivity contribution in [1.29, 1.82) is 0 Å². The maximum atomic E-state index is 10.5. The molecule has 0 aliphatic heterocycles. The Morgan fingerprint density at radius 2 is 2.20 bits per heavy atom. The van der Waals surface area contributed by atoms with Crippen molar-refractivity contribution < 1.29 is 19.7 Å². The molecule has 1 aromatic heterocycles. The monoisotopic (exact) mass is 276 g/mol. The van der Waals surface area contributed by atoms with Crippen LogP contribution in [0.5, 0.6) is 11.5 Å². The largest absolute Gasteiger partial charge is 0.504 e. The molecule has 0 unspecified atom stereocenters. The fraction of sp³-hybridized carbons (Fsp3) is 0.286. The summed E-state index contributed by atoms with van der Waals surface area (Å²) < 4.78 is 5.57. The summed E-state index contributed by atoms with van der Waals surface area (Å²) in [6.07, 6.45) is 1.62. The summed E-state index contributed by atoms with van der Waals surface area (Å²) in [6, 6.07) is 5.25. The van der Waals surface area contributed by atoms with Crippen LogP contribution in [-0.4, -0.2) is 33.8 Å². The molecule has 0 amide bonds. The number of nitrogens with zero attached hydrogens (tertiary/aromatic N) is 1. The predicted octanol–water partition coefficient (Wildman–Crippen LogP) is 2.22. The molecule has 0 saturated heterocycles.